The molecule has 4 nitrogen and oxygen atoms in total. The maximum absolute atomic E-state index is 12.2. The molecule has 0 amide bonds. The summed E-state index contributed by atoms with van der Waals surface area (Å²) in [5.74, 6) is -0.984. The molecule has 0 fully saturated rings. The molecule has 0 aromatic heterocycles. The van der Waals surface area contributed by atoms with Gasteiger partial charge in [0.2, 0.25) is 0 Å². The Hall–Kier alpha value is -1.55. The molecule has 1 aliphatic carbocycles. The molecule has 0 spiro atoms. The largest absolute Gasteiger partial charge is 0.506 e. The number of aliphatic hydroxyl groups excluding tert-OH is 1. The highest BCUT2D eigenvalue weighted by molar-refractivity contribution is 6.44. The second-order valence-electron chi connectivity index (χ2n) is 6.62. The van der Waals surface area contributed by atoms with Crippen LogP contribution in [0.3, 0.4) is 0 Å². The molecule has 0 bridgehead atoms. The summed E-state index contributed by atoms with van der Waals surface area (Å²) < 4.78 is 4.61. The topological polar surface area (TPSA) is 63.6 Å². The lowest BCUT2D eigenvalue weighted by atomic mass is 9.97. The molecule has 0 aromatic rings. The first-order valence-electron chi connectivity index (χ1n) is 9.59. The molecular formula is C21H31ClO4. The number of hydrogen-bond donors (Lipinski definition) is 1. The summed E-state index contributed by atoms with van der Waals surface area (Å²) in [6.07, 6.45) is 15.1. The zero-order valence-electron chi connectivity index (χ0n) is 15.9. The number of esters is 1. The summed E-state index contributed by atoms with van der Waals surface area (Å²) >= 11 is 5.95. The minimum absolute atomic E-state index is 0.0671. The smallest absolute Gasteiger partial charge is 0.305 e. The SMILES string of the molecule is CCCCCCC=CC1C(=O)C(Cl)=C(O)C1=CCCCCCC(=O)OC. The van der Waals surface area contributed by atoms with E-state index in [9.17, 15) is 14.7 Å². The summed E-state index contributed by atoms with van der Waals surface area (Å²) in [5, 5.41) is 10.1. The minimum atomic E-state index is -0.469. The van der Waals surface area contributed by atoms with Gasteiger partial charge < -0.3 is 9.84 Å². The van der Waals surface area contributed by atoms with E-state index in [0.717, 1.165) is 38.5 Å². The molecule has 26 heavy (non-hydrogen) atoms. The molecule has 0 heterocycles. The number of halogens is 1. The second-order valence-corrected chi connectivity index (χ2v) is 6.99. The Morgan fingerprint density at radius 3 is 2.54 bits per heavy atom. The zero-order chi connectivity index (χ0) is 19.4. The van der Waals surface area contributed by atoms with Crippen molar-refractivity contribution in [3.05, 3.63) is 34.6 Å². The van der Waals surface area contributed by atoms with Gasteiger partial charge >= 0.3 is 5.97 Å². The summed E-state index contributed by atoms with van der Waals surface area (Å²) in [5.41, 5.74) is 0.609. The van der Waals surface area contributed by atoms with Crippen molar-refractivity contribution < 1.29 is 19.4 Å². The number of methoxy groups -OCH3 is 1. The van der Waals surface area contributed by atoms with Gasteiger partial charge in [-0.3, -0.25) is 9.59 Å². The van der Waals surface area contributed by atoms with Gasteiger partial charge in [-0.25, -0.2) is 0 Å². The van der Waals surface area contributed by atoms with Crippen molar-refractivity contribution in [1.82, 2.24) is 0 Å². The Bertz CT molecular complexity index is 560. The van der Waals surface area contributed by atoms with Crippen LogP contribution >= 0.6 is 11.6 Å². The Labute approximate surface area is 161 Å². The lowest BCUT2D eigenvalue weighted by Gasteiger charge is -2.07. The van der Waals surface area contributed by atoms with E-state index in [1.807, 2.05) is 18.2 Å². The molecule has 1 aliphatic rings. The van der Waals surface area contributed by atoms with E-state index in [0.29, 0.717) is 12.0 Å². The molecule has 5 heteroatoms. The van der Waals surface area contributed by atoms with E-state index < -0.39 is 5.92 Å². The van der Waals surface area contributed by atoms with Crippen LogP contribution in [-0.2, 0) is 14.3 Å². The first-order valence-corrected chi connectivity index (χ1v) is 9.97. The fraction of sp³-hybridized carbons (Fsp3) is 0.619. The van der Waals surface area contributed by atoms with E-state index in [1.165, 1.54) is 26.4 Å². The van der Waals surface area contributed by atoms with Crippen molar-refractivity contribution in [3.8, 4) is 0 Å². The molecular weight excluding hydrogens is 352 g/mol. The summed E-state index contributed by atoms with van der Waals surface area (Å²) in [4.78, 5) is 23.3. The molecule has 1 N–H and O–H groups in total. The fourth-order valence-corrected chi connectivity index (χ4v) is 3.18. The highest BCUT2D eigenvalue weighted by Gasteiger charge is 2.34. The predicted octanol–water partition coefficient (Wildman–Crippen LogP) is 5.77. The molecule has 146 valence electrons. The highest BCUT2D eigenvalue weighted by Crippen LogP contribution is 2.36. The van der Waals surface area contributed by atoms with E-state index >= 15 is 0 Å². The third-order valence-electron chi connectivity index (χ3n) is 4.55. The van der Waals surface area contributed by atoms with Crippen molar-refractivity contribution in [2.75, 3.05) is 7.11 Å². The average molecular weight is 383 g/mol. The number of allylic oxidation sites excluding steroid dienone is 5. The summed E-state index contributed by atoms with van der Waals surface area (Å²) in [7, 11) is 1.39. The van der Waals surface area contributed by atoms with Crippen LogP contribution < -0.4 is 0 Å². The van der Waals surface area contributed by atoms with Gasteiger partial charge in [-0.1, -0.05) is 62.4 Å². The first kappa shape index (κ1) is 22.5. The Morgan fingerprint density at radius 1 is 1.15 bits per heavy atom. The van der Waals surface area contributed by atoms with Crippen molar-refractivity contribution in [2.24, 2.45) is 5.92 Å². The number of unbranched alkanes of at least 4 members (excludes halogenated alkanes) is 7. The average Bonchev–Trinajstić information content (AvgIpc) is 2.84. The van der Waals surface area contributed by atoms with Crippen LogP contribution in [0, 0.1) is 5.92 Å². The number of carbonyl (C=O) groups is 2. The van der Waals surface area contributed by atoms with Gasteiger partial charge in [0.15, 0.2) is 5.78 Å². The molecule has 0 saturated carbocycles. The van der Waals surface area contributed by atoms with Gasteiger partial charge in [-0.2, -0.15) is 0 Å². The van der Waals surface area contributed by atoms with E-state index in [4.69, 9.17) is 11.6 Å². The third kappa shape index (κ3) is 7.36. The minimum Gasteiger partial charge on any atom is -0.506 e. The van der Waals surface area contributed by atoms with Crippen molar-refractivity contribution in [3.63, 3.8) is 0 Å². The summed E-state index contributed by atoms with van der Waals surface area (Å²) in [6.45, 7) is 2.18. The highest BCUT2D eigenvalue weighted by atomic mass is 35.5. The number of carbonyl (C=O) groups excluding carboxylic acids is 2. The number of Topliss-reactive ketones (excluding diaryl/α,β-unsaturated/α-hetero) is 1. The Kier molecular flexibility index (Phi) is 11.0. The van der Waals surface area contributed by atoms with Gasteiger partial charge in [-0.05, 0) is 32.1 Å². The molecule has 1 rings (SSSR count). The van der Waals surface area contributed by atoms with Gasteiger partial charge in [-0.15, -0.1) is 0 Å². The third-order valence-corrected chi connectivity index (χ3v) is 4.91. The Balaban J connectivity index is 2.51. The molecule has 0 aromatic carbocycles. The zero-order valence-corrected chi connectivity index (χ0v) is 16.7. The number of ether oxygens (including phenoxy) is 1. The van der Waals surface area contributed by atoms with Crippen LogP contribution in [0.25, 0.3) is 0 Å². The maximum Gasteiger partial charge on any atom is 0.305 e. The standard InChI is InChI=1S/C21H31ClO4/c1-3-4-5-6-7-10-13-16-17(21(25)19(22)20(16)24)14-11-8-9-12-15-18(23)26-2/h10,13-14,16,25H,3-9,11-12,15H2,1-2H3. The van der Waals surface area contributed by atoms with E-state index in [2.05, 4.69) is 11.7 Å². The Morgan fingerprint density at radius 2 is 1.85 bits per heavy atom. The van der Waals surface area contributed by atoms with Crippen LogP contribution in [0.15, 0.2) is 34.6 Å². The lowest BCUT2D eigenvalue weighted by molar-refractivity contribution is -0.140. The maximum atomic E-state index is 12.2. The molecule has 1 atom stereocenters. The molecule has 0 aliphatic heterocycles. The fourth-order valence-electron chi connectivity index (χ4n) is 2.95. The number of rotatable bonds is 12. The number of aliphatic hydroxyl groups is 1. The van der Waals surface area contributed by atoms with Gasteiger partial charge in [0, 0.05) is 12.0 Å². The number of ketones is 1. The second kappa shape index (κ2) is 12.7. The van der Waals surface area contributed by atoms with Gasteiger partial charge in [0.25, 0.3) is 0 Å². The van der Waals surface area contributed by atoms with Crippen molar-refractivity contribution >= 4 is 23.4 Å². The van der Waals surface area contributed by atoms with Gasteiger partial charge in [0.1, 0.15) is 10.8 Å². The normalized spacial score (nSPS) is 19.1. The summed E-state index contributed by atoms with van der Waals surface area (Å²) in [6, 6.07) is 0. The lowest BCUT2D eigenvalue weighted by Crippen LogP contribution is -2.07. The van der Waals surface area contributed by atoms with E-state index in [1.54, 1.807) is 0 Å². The van der Waals surface area contributed by atoms with Crippen LogP contribution in [-0.4, -0.2) is 24.0 Å². The predicted molar refractivity (Wildman–Crippen MR) is 105 cm³/mol. The van der Waals surface area contributed by atoms with Crippen LogP contribution in [0.1, 0.15) is 71.1 Å². The van der Waals surface area contributed by atoms with Crippen LogP contribution in [0.4, 0.5) is 0 Å². The van der Waals surface area contributed by atoms with Gasteiger partial charge in [0.05, 0.1) is 13.0 Å². The molecule has 0 radical (unpaired) electrons. The molecule has 1 unspecified atom stereocenters. The van der Waals surface area contributed by atoms with Crippen molar-refractivity contribution in [2.45, 2.75) is 71.1 Å². The molecule has 0 saturated heterocycles. The number of hydrogen-bond acceptors (Lipinski definition) is 4. The quantitative estimate of drug-likeness (QED) is 0.264. The monoisotopic (exact) mass is 382 g/mol. The van der Waals surface area contributed by atoms with E-state index in [-0.39, 0.29) is 22.5 Å². The van der Waals surface area contributed by atoms with Crippen LogP contribution in [0.5, 0.6) is 0 Å². The van der Waals surface area contributed by atoms with Crippen molar-refractivity contribution in [1.29, 1.82) is 0 Å². The van der Waals surface area contributed by atoms with Crippen LogP contribution in [0.2, 0.25) is 0 Å². The first-order chi connectivity index (χ1) is 12.5.